The summed E-state index contributed by atoms with van der Waals surface area (Å²) in [4.78, 5) is 9.39. The van der Waals surface area contributed by atoms with Crippen LogP contribution in [0.1, 0.15) is 49.9 Å². The van der Waals surface area contributed by atoms with E-state index in [0.29, 0.717) is 0 Å². The van der Waals surface area contributed by atoms with Crippen LogP contribution in [0.3, 0.4) is 0 Å². The van der Waals surface area contributed by atoms with Crippen LogP contribution in [0.2, 0.25) is 0 Å². The first-order chi connectivity index (χ1) is 12.8. The molecule has 0 aromatic heterocycles. The summed E-state index contributed by atoms with van der Waals surface area (Å²) in [5.74, 6) is 2.04. The van der Waals surface area contributed by atoms with Crippen molar-refractivity contribution in [1.29, 1.82) is 0 Å². The topological polar surface area (TPSA) is 48.8 Å². The number of halogens is 1. The molecule has 0 bridgehead atoms. The molecule has 1 aliphatic carbocycles. The first-order valence-corrected chi connectivity index (χ1v) is 9.72. The molecule has 2 aliphatic heterocycles. The monoisotopic (exact) mass is 394 g/mol. The van der Waals surface area contributed by atoms with E-state index in [1.165, 1.54) is 33.4 Å². The molecule has 28 heavy (non-hydrogen) atoms. The maximum atomic E-state index is 4.69. The molecule has 2 N–H and O–H groups in total. The van der Waals surface area contributed by atoms with Crippen molar-refractivity contribution < 1.29 is 0 Å². The Bertz CT molecular complexity index is 936. The lowest BCUT2D eigenvalue weighted by atomic mass is 10.0. The molecule has 5 rings (SSSR count). The van der Waals surface area contributed by atoms with E-state index in [0.717, 1.165) is 31.2 Å². The van der Waals surface area contributed by atoms with Crippen molar-refractivity contribution >= 4 is 24.1 Å². The molecule has 2 aromatic rings. The molecule has 0 saturated carbocycles. The molecule has 4 nitrogen and oxygen atoms in total. The van der Waals surface area contributed by atoms with E-state index in [9.17, 15) is 0 Å². The third kappa shape index (κ3) is 3.20. The van der Waals surface area contributed by atoms with Crippen molar-refractivity contribution in [3.05, 3.63) is 58.7 Å². The number of amidine groups is 2. The summed E-state index contributed by atoms with van der Waals surface area (Å²) in [6.07, 6.45) is 0.972. The normalized spacial score (nSPS) is 20.3. The zero-order chi connectivity index (χ0) is 18.8. The minimum absolute atomic E-state index is 0. The van der Waals surface area contributed by atoms with Crippen LogP contribution in [0.4, 0.5) is 0 Å². The molecule has 0 fully saturated rings. The van der Waals surface area contributed by atoms with Crippen LogP contribution in [0.15, 0.2) is 46.4 Å². The molecule has 0 atom stereocenters. The second-order valence-corrected chi connectivity index (χ2v) is 9.27. The second kappa shape index (κ2) is 6.35. The second-order valence-electron chi connectivity index (χ2n) is 9.27. The van der Waals surface area contributed by atoms with Gasteiger partial charge in [-0.05, 0) is 68.5 Å². The Morgan fingerprint density at radius 1 is 0.714 bits per heavy atom. The minimum atomic E-state index is 0. The van der Waals surface area contributed by atoms with Crippen molar-refractivity contribution in [2.24, 2.45) is 9.98 Å². The third-order valence-corrected chi connectivity index (χ3v) is 5.61. The first-order valence-electron chi connectivity index (χ1n) is 9.72. The Morgan fingerprint density at radius 3 is 1.50 bits per heavy atom. The quantitative estimate of drug-likeness (QED) is 0.691. The van der Waals surface area contributed by atoms with Gasteiger partial charge in [-0.1, -0.05) is 24.3 Å². The molecule has 0 amide bonds. The van der Waals surface area contributed by atoms with Crippen LogP contribution in [-0.2, 0) is 6.42 Å². The van der Waals surface area contributed by atoms with Gasteiger partial charge in [0, 0.05) is 11.1 Å². The van der Waals surface area contributed by atoms with Crippen molar-refractivity contribution in [2.75, 3.05) is 13.1 Å². The number of benzene rings is 2. The van der Waals surface area contributed by atoms with Gasteiger partial charge < -0.3 is 10.6 Å². The third-order valence-electron chi connectivity index (χ3n) is 5.61. The number of fused-ring (bicyclic) bond motifs is 3. The van der Waals surface area contributed by atoms with Gasteiger partial charge in [-0.25, -0.2) is 0 Å². The lowest BCUT2D eigenvalue weighted by molar-refractivity contribution is 0.506. The Labute approximate surface area is 173 Å². The highest BCUT2D eigenvalue weighted by atomic mass is 35.5. The van der Waals surface area contributed by atoms with Crippen LogP contribution in [0.25, 0.3) is 11.1 Å². The number of nitrogens with one attached hydrogen (secondary N) is 2. The molecule has 0 spiro atoms. The fourth-order valence-electron chi connectivity index (χ4n) is 4.18. The lowest BCUT2D eigenvalue weighted by Gasteiger charge is -2.18. The Morgan fingerprint density at radius 2 is 1.14 bits per heavy atom. The zero-order valence-corrected chi connectivity index (χ0v) is 17.7. The molecular formula is C23H27ClN4. The van der Waals surface area contributed by atoms with Gasteiger partial charge in [-0.2, -0.15) is 0 Å². The maximum absolute atomic E-state index is 4.69. The van der Waals surface area contributed by atoms with Gasteiger partial charge in [0.15, 0.2) is 0 Å². The van der Waals surface area contributed by atoms with E-state index in [1.54, 1.807) is 0 Å². The van der Waals surface area contributed by atoms with E-state index < -0.39 is 0 Å². The van der Waals surface area contributed by atoms with Gasteiger partial charge in [-0.15, -0.1) is 12.4 Å². The highest BCUT2D eigenvalue weighted by molar-refractivity contribution is 6.02. The van der Waals surface area contributed by atoms with Crippen LogP contribution in [-0.4, -0.2) is 35.8 Å². The summed E-state index contributed by atoms with van der Waals surface area (Å²) in [5.41, 5.74) is 7.95. The Kier molecular flexibility index (Phi) is 4.31. The zero-order valence-electron chi connectivity index (χ0n) is 16.9. The van der Waals surface area contributed by atoms with Crippen LogP contribution < -0.4 is 10.6 Å². The standard InChI is InChI=1S/C23H26N4.ClH/c1-22(2)12-24-20(26-22)14-5-7-18-16(9-14)11-17-10-15(6-8-19(17)18)21-25-13-23(3,4)27-21;/h5-10H,11-13H2,1-4H3,(H,24,26)(H,25,27);1H. The molecule has 2 aromatic carbocycles. The van der Waals surface area contributed by atoms with E-state index in [4.69, 9.17) is 9.98 Å². The SMILES string of the molecule is CC1(C)CN=C(c2ccc3c(c2)Cc2cc(C4=NCC(C)(C)N4)ccc2-3)N1.Cl. The van der Waals surface area contributed by atoms with Crippen LogP contribution in [0, 0.1) is 0 Å². The first kappa shape index (κ1) is 19.0. The average Bonchev–Trinajstić information content (AvgIpc) is 3.27. The van der Waals surface area contributed by atoms with E-state index in [-0.39, 0.29) is 23.5 Å². The smallest absolute Gasteiger partial charge is 0.128 e. The highest BCUT2D eigenvalue weighted by Crippen LogP contribution is 2.38. The van der Waals surface area contributed by atoms with Gasteiger partial charge >= 0.3 is 0 Å². The molecular weight excluding hydrogens is 368 g/mol. The average molecular weight is 395 g/mol. The maximum Gasteiger partial charge on any atom is 0.128 e. The number of hydrogen-bond acceptors (Lipinski definition) is 4. The van der Waals surface area contributed by atoms with Crippen LogP contribution >= 0.6 is 12.4 Å². The van der Waals surface area contributed by atoms with Crippen molar-refractivity contribution in [2.45, 2.75) is 45.2 Å². The number of hydrogen-bond donors (Lipinski definition) is 2. The summed E-state index contributed by atoms with van der Waals surface area (Å²) in [6, 6.07) is 13.5. The van der Waals surface area contributed by atoms with Crippen molar-refractivity contribution in [3.63, 3.8) is 0 Å². The number of aliphatic imine (C=N–C) groups is 2. The largest absolute Gasteiger partial charge is 0.363 e. The molecule has 2 heterocycles. The lowest BCUT2D eigenvalue weighted by Crippen LogP contribution is -2.39. The van der Waals surface area contributed by atoms with Crippen molar-refractivity contribution in [3.8, 4) is 11.1 Å². The van der Waals surface area contributed by atoms with E-state index >= 15 is 0 Å². The van der Waals surface area contributed by atoms with Gasteiger partial charge in [0.25, 0.3) is 0 Å². The van der Waals surface area contributed by atoms with Gasteiger partial charge in [-0.3, -0.25) is 9.98 Å². The van der Waals surface area contributed by atoms with Gasteiger partial charge in [0.05, 0.1) is 24.2 Å². The number of nitrogens with zero attached hydrogens (tertiary/aromatic N) is 2. The molecule has 0 radical (unpaired) electrons. The summed E-state index contributed by atoms with van der Waals surface area (Å²) < 4.78 is 0. The summed E-state index contributed by atoms with van der Waals surface area (Å²) in [6.45, 7) is 10.4. The van der Waals surface area contributed by atoms with Crippen molar-refractivity contribution in [1.82, 2.24) is 10.6 Å². The van der Waals surface area contributed by atoms with Gasteiger partial charge in [0.1, 0.15) is 11.7 Å². The predicted octanol–water partition coefficient (Wildman–Crippen LogP) is 3.94. The molecule has 0 saturated heterocycles. The summed E-state index contributed by atoms with van der Waals surface area (Å²) >= 11 is 0. The fraction of sp³-hybridized carbons (Fsp3) is 0.391. The Balaban J connectivity index is 0.00000192. The van der Waals surface area contributed by atoms with Gasteiger partial charge in [0.2, 0.25) is 0 Å². The molecule has 146 valence electrons. The van der Waals surface area contributed by atoms with Crippen LogP contribution in [0.5, 0.6) is 0 Å². The van der Waals surface area contributed by atoms with E-state index in [1.807, 2.05) is 0 Å². The predicted molar refractivity (Wildman–Crippen MR) is 119 cm³/mol. The highest BCUT2D eigenvalue weighted by Gasteiger charge is 2.28. The minimum Gasteiger partial charge on any atom is -0.363 e. The fourth-order valence-corrected chi connectivity index (χ4v) is 4.18. The van der Waals surface area contributed by atoms with E-state index in [2.05, 4.69) is 74.7 Å². The number of rotatable bonds is 2. The summed E-state index contributed by atoms with van der Waals surface area (Å²) in [7, 11) is 0. The molecule has 3 aliphatic rings. The Hall–Kier alpha value is -2.33. The summed E-state index contributed by atoms with van der Waals surface area (Å²) in [5, 5.41) is 7.08. The molecule has 0 unspecified atom stereocenters. The molecule has 5 heteroatoms.